The van der Waals surface area contributed by atoms with Gasteiger partial charge in [0.25, 0.3) is 0 Å². The second-order valence-corrected chi connectivity index (χ2v) is 10.4. The summed E-state index contributed by atoms with van der Waals surface area (Å²) in [5, 5.41) is 10.5. The van der Waals surface area contributed by atoms with Gasteiger partial charge in [0.05, 0.1) is 24.0 Å². The first-order chi connectivity index (χ1) is 15.6. The van der Waals surface area contributed by atoms with E-state index in [0.29, 0.717) is 18.2 Å². The molecule has 0 bridgehead atoms. The van der Waals surface area contributed by atoms with Crippen LogP contribution in [-0.4, -0.2) is 72.6 Å². The summed E-state index contributed by atoms with van der Waals surface area (Å²) in [6, 6.07) is 0.184. The number of hydrogen-bond donors (Lipinski definition) is 2. The third-order valence-electron chi connectivity index (χ3n) is 7.93. The van der Waals surface area contributed by atoms with Gasteiger partial charge in [-0.15, -0.1) is 0 Å². The number of nitrogens with zero attached hydrogens (tertiary/aromatic N) is 6. The summed E-state index contributed by atoms with van der Waals surface area (Å²) in [4.78, 5) is 28.4. The molecule has 4 heterocycles. The molecule has 2 aromatic rings. The Morgan fingerprint density at radius 2 is 2.00 bits per heavy atom. The monoisotopic (exact) mass is 456 g/mol. The van der Waals surface area contributed by atoms with Crippen LogP contribution < -0.4 is 5.32 Å². The summed E-state index contributed by atoms with van der Waals surface area (Å²) >= 11 is 0. The van der Waals surface area contributed by atoms with E-state index < -0.39 is 11.4 Å². The van der Waals surface area contributed by atoms with Crippen molar-refractivity contribution in [3.8, 4) is 0 Å². The molecule has 1 saturated heterocycles. The van der Waals surface area contributed by atoms with Gasteiger partial charge in [-0.05, 0) is 47.6 Å². The van der Waals surface area contributed by atoms with E-state index in [-0.39, 0.29) is 23.4 Å². The van der Waals surface area contributed by atoms with Crippen LogP contribution >= 0.6 is 0 Å². The third kappa shape index (κ3) is 3.46. The lowest BCUT2D eigenvalue weighted by Crippen LogP contribution is -2.66. The zero-order valence-electron chi connectivity index (χ0n) is 20.1. The Balaban J connectivity index is 1.40. The van der Waals surface area contributed by atoms with E-state index in [1.54, 1.807) is 6.92 Å². The van der Waals surface area contributed by atoms with Crippen LogP contribution in [0.5, 0.6) is 0 Å². The van der Waals surface area contributed by atoms with Crippen LogP contribution in [0.15, 0.2) is 6.20 Å². The van der Waals surface area contributed by atoms with Crippen molar-refractivity contribution in [2.24, 2.45) is 0 Å². The summed E-state index contributed by atoms with van der Waals surface area (Å²) in [5.74, 6) is 0.489. The number of halogens is 1. The average Bonchev–Trinajstić information content (AvgIpc) is 3.45. The first-order valence-corrected chi connectivity index (χ1v) is 11.8. The fourth-order valence-corrected chi connectivity index (χ4v) is 5.85. The molecule has 33 heavy (non-hydrogen) atoms. The average molecular weight is 457 g/mol. The van der Waals surface area contributed by atoms with E-state index in [4.69, 9.17) is 0 Å². The molecule has 10 heteroatoms. The zero-order valence-corrected chi connectivity index (χ0v) is 20.1. The summed E-state index contributed by atoms with van der Waals surface area (Å²) in [5.41, 5.74) is 1.26. The molecule has 1 spiro atoms. The number of H-pyrrole nitrogens is 1. The number of piperazine rings is 1. The molecule has 1 saturated carbocycles. The Morgan fingerprint density at radius 1 is 1.27 bits per heavy atom. The number of carbonyl (C=O) groups is 1. The molecular weight excluding hydrogens is 423 g/mol. The Bertz CT molecular complexity index is 1080. The molecule has 3 aliphatic rings. The van der Waals surface area contributed by atoms with Crippen molar-refractivity contribution in [2.45, 2.75) is 77.0 Å². The van der Waals surface area contributed by atoms with Crippen LogP contribution in [0.2, 0.25) is 0 Å². The van der Waals surface area contributed by atoms with Gasteiger partial charge in [0.2, 0.25) is 0 Å². The van der Waals surface area contributed by atoms with Gasteiger partial charge in [-0.2, -0.15) is 5.10 Å². The Hall–Kier alpha value is -2.75. The van der Waals surface area contributed by atoms with Crippen molar-refractivity contribution in [1.29, 1.82) is 0 Å². The summed E-state index contributed by atoms with van der Waals surface area (Å²) in [6.45, 7) is 9.94. The van der Waals surface area contributed by atoms with Crippen LogP contribution in [0.3, 0.4) is 0 Å². The highest BCUT2D eigenvalue weighted by atomic mass is 19.1. The fourth-order valence-electron chi connectivity index (χ4n) is 5.85. The molecular formula is C23H33FN8O. The van der Waals surface area contributed by atoms with E-state index in [9.17, 15) is 9.18 Å². The second kappa shape index (κ2) is 7.65. The smallest absolute Gasteiger partial charge is 0.321 e. The SMILES string of the molecule is Cc1ncc(F)c(Nc2n[nH]c3c2CN(C(=O)N2CC4(CCCC4)N(C)C[C@@H]2C)C3(C)C)n1. The summed E-state index contributed by atoms with van der Waals surface area (Å²) in [7, 11) is 2.20. The van der Waals surface area contributed by atoms with Crippen LogP contribution in [0.4, 0.5) is 20.8 Å². The van der Waals surface area contributed by atoms with Gasteiger partial charge in [-0.25, -0.2) is 19.2 Å². The van der Waals surface area contributed by atoms with E-state index in [1.165, 1.54) is 12.8 Å². The number of rotatable bonds is 2. The highest BCUT2D eigenvalue weighted by Crippen LogP contribution is 2.44. The molecule has 1 atom stereocenters. The largest absolute Gasteiger partial charge is 0.321 e. The lowest BCUT2D eigenvalue weighted by Gasteiger charge is -2.52. The second-order valence-electron chi connectivity index (χ2n) is 10.4. The predicted octanol–water partition coefficient (Wildman–Crippen LogP) is 3.51. The number of carbonyl (C=O) groups excluding carboxylic acids is 1. The molecule has 2 aromatic heterocycles. The van der Waals surface area contributed by atoms with E-state index in [1.807, 2.05) is 18.7 Å². The summed E-state index contributed by atoms with van der Waals surface area (Å²) in [6.07, 6.45) is 5.88. The van der Waals surface area contributed by atoms with Crippen molar-refractivity contribution < 1.29 is 9.18 Å². The zero-order chi connectivity index (χ0) is 23.5. The minimum atomic E-state index is -0.564. The minimum absolute atomic E-state index is 0.0477. The Kier molecular flexibility index (Phi) is 5.11. The van der Waals surface area contributed by atoms with Gasteiger partial charge in [0.1, 0.15) is 5.82 Å². The standard InChI is InChI=1S/C23H33FN8O/c1-14-11-30(5)23(8-6-7-9-23)13-31(14)21(33)32-12-16-18(22(32,3)4)28-29-19(16)27-20-17(24)10-25-15(2)26-20/h10,14H,6-9,11-13H2,1-5H3,(H2,25,26,27,28,29)/t14-/m0/s1. The van der Waals surface area contributed by atoms with Crippen molar-refractivity contribution in [3.63, 3.8) is 0 Å². The van der Waals surface area contributed by atoms with Crippen molar-refractivity contribution in [3.05, 3.63) is 29.1 Å². The van der Waals surface area contributed by atoms with Gasteiger partial charge in [-0.1, -0.05) is 12.8 Å². The van der Waals surface area contributed by atoms with Crippen LogP contribution in [0.25, 0.3) is 0 Å². The number of anilines is 2. The van der Waals surface area contributed by atoms with Crippen LogP contribution in [0, 0.1) is 12.7 Å². The number of amides is 2. The number of aromatic amines is 1. The fraction of sp³-hybridized carbons (Fsp3) is 0.652. The van der Waals surface area contributed by atoms with Gasteiger partial charge in [-0.3, -0.25) is 10.00 Å². The molecule has 2 N–H and O–H groups in total. The molecule has 0 aromatic carbocycles. The molecule has 9 nitrogen and oxygen atoms in total. The topological polar surface area (TPSA) is 93.3 Å². The van der Waals surface area contributed by atoms with E-state index >= 15 is 0 Å². The van der Waals surface area contributed by atoms with E-state index in [0.717, 1.165) is 43.4 Å². The van der Waals surface area contributed by atoms with Crippen LogP contribution in [0.1, 0.15) is 63.5 Å². The summed E-state index contributed by atoms with van der Waals surface area (Å²) < 4.78 is 14.2. The molecule has 0 radical (unpaired) electrons. The number of likely N-dealkylation sites (N-methyl/N-ethyl adjacent to an activating group) is 1. The predicted molar refractivity (Wildman–Crippen MR) is 123 cm³/mol. The maximum Gasteiger partial charge on any atom is 0.321 e. The normalized spacial score (nSPS) is 23.9. The number of urea groups is 1. The molecule has 2 aliphatic heterocycles. The number of hydrogen-bond acceptors (Lipinski definition) is 6. The van der Waals surface area contributed by atoms with Gasteiger partial charge < -0.3 is 15.1 Å². The quantitative estimate of drug-likeness (QED) is 0.718. The van der Waals surface area contributed by atoms with Gasteiger partial charge in [0, 0.05) is 30.2 Å². The minimum Gasteiger partial charge on any atom is -0.321 e. The number of aromatic nitrogens is 4. The molecule has 2 amide bonds. The molecule has 2 fully saturated rings. The van der Waals surface area contributed by atoms with E-state index in [2.05, 4.69) is 49.3 Å². The van der Waals surface area contributed by atoms with Crippen LogP contribution in [-0.2, 0) is 12.1 Å². The third-order valence-corrected chi connectivity index (χ3v) is 7.93. The Morgan fingerprint density at radius 3 is 2.73 bits per heavy atom. The van der Waals surface area contributed by atoms with Crippen molar-refractivity contribution in [1.82, 2.24) is 34.9 Å². The number of aryl methyl sites for hydroxylation is 1. The molecule has 0 unspecified atom stereocenters. The highest BCUT2D eigenvalue weighted by molar-refractivity contribution is 5.78. The lowest BCUT2D eigenvalue weighted by molar-refractivity contribution is -0.00744. The van der Waals surface area contributed by atoms with Gasteiger partial charge >= 0.3 is 6.03 Å². The molecule has 5 rings (SSSR count). The maximum atomic E-state index is 14.2. The van der Waals surface area contributed by atoms with Gasteiger partial charge in [0.15, 0.2) is 17.5 Å². The molecule has 178 valence electrons. The first-order valence-electron chi connectivity index (χ1n) is 11.8. The number of nitrogens with one attached hydrogen (secondary N) is 2. The first kappa shape index (κ1) is 22.1. The van der Waals surface area contributed by atoms with Crippen molar-refractivity contribution in [2.75, 3.05) is 25.5 Å². The highest BCUT2D eigenvalue weighted by Gasteiger charge is 2.50. The maximum absolute atomic E-state index is 14.2. The Labute approximate surface area is 193 Å². The molecule has 1 aliphatic carbocycles. The lowest BCUT2D eigenvalue weighted by atomic mass is 9.90. The van der Waals surface area contributed by atoms with Crippen molar-refractivity contribution >= 4 is 17.7 Å². The number of fused-ring (bicyclic) bond motifs is 1.